The molecule has 0 aliphatic carbocycles. The summed E-state index contributed by atoms with van der Waals surface area (Å²) >= 11 is 0. The van der Waals surface area contributed by atoms with E-state index in [0.29, 0.717) is 6.42 Å². The molecule has 0 rings (SSSR count). The molecule has 0 bridgehead atoms. The number of nitrogens with zero attached hydrogens (tertiary/aromatic N) is 1. The van der Waals surface area contributed by atoms with Gasteiger partial charge in [0.25, 0.3) is 0 Å². The molecule has 0 spiro atoms. The van der Waals surface area contributed by atoms with Gasteiger partial charge in [0.1, 0.15) is 0 Å². The van der Waals surface area contributed by atoms with Crippen molar-refractivity contribution < 1.29 is 19.1 Å². The van der Waals surface area contributed by atoms with Crippen molar-refractivity contribution in [1.29, 1.82) is 5.26 Å². The van der Waals surface area contributed by atoms with Gasteiger partial charge in [-0.05, 0) is 27.2 Å². The molecule has 0 aromatic rings. The van der Waals surface area contributed by atoms with Crippen LogP contribution in [0.5, 0.6) is 0 Å². The third kappa shape index (κ3) is 3.45. The first-order chi connectivity index (χ1) is 7.97. The largest absolute Gasteiger partial charge is 0.466 e. The Morgan fingerprint density at radius 1 is 1.24 bits per heavy atom. The van der Waals surface area contributed by atoms with Crippen LogP contribution in [0.4, 0.5) is 0 Å². The third-order valence-corrected chi connectivity index (χ3v) is 2.61. The van der Waals surface area contributed by atoms with Crippen molar-refractivity contribution in [2.45, 2.75) is 34.1 Å². The molecule has 96 valence electrons. The molecule has 0 aromatic heterocycles. The quantitative estimate of drug-likeness (QED) is 0.661. The average molecular weight is 241 g/mol. The number of esters is 2. The van der Waals surface area contributed by atoms with Crippen LogP contribution in [0.1, 0.15) is 34.1 Å². The summed E-state index contributed by atoms with van der Waals surface area (Å²) in [5.74, 6) is -2.01. The van der Waals surface area contributed by atoms with Crippen molar-refractivity contribution in [2.75, 3.05) is 13.2 Å². The molecule has 5 heteroatoms. The summed E-state index contributed by atoms with van der Waals surface area (Å²) in [6.07, 6.45) is 0.349. The van der Waals surface area contributed by atoms with Gasteiger partial charge in [0.2, 0.25) is 0 Å². The molecule has 0 fully saturated rings. The Morgan fingerprint density at radius 2 is 1.76 bits per heavy atom. The third-order valence-electron chi connectivity index (χ3n) is 2.61. The Hall–Kier alpha value is -1.57. The van der Waals surface area contributed by atoms with Crippen LogP contribution >= 0.6 is 0 Å². The molecule has 2 unspecified atom stereocenters. The van der Waals surface area contributed by atoms with E-state index < -0.39 is 23.3 Å². The van der Waals surface area contributed by atoms with E-state index in [1.807, 2.05) is 6.07 Å². The van der Waals surface area contributed by atoms with Gasteiger partial charge in [0, 0.05) is 0 Å². The lowest BCUT2D eigenvalue weighted by atomic mass is 9.76. The zero-order chi connectivity index (χ0) is 13.5. The number of ether oxygens (including phenoxy) is 2. The Balaban J connectivity index is 5.11. The Kier molecular flexibility index (Phi) is 6.26. The van der Waals surface area contributed by atoms with E-state index in [2.05, 4.69) is 0 Å². The molecule has 17 heavy (non-hydrogen) atoms. The summed E-state index contributed by atoms with van der Waals surface area (Å²) in [4.78, 5) is 23.5. The molecule has 0 radical (unpaired) electrons. The number of hydrogen-bond donors (Lipinski definition) is 0. The van der Waals surface area contributed by atoms with Gasteiger partial charge >= 0.3 is 11.9 Å². The summed E-state index contributed by atoms with van der Waals surface area (Å²) in [6, 6.07) is 1.88. The van der Waals surface area contributed by atoms with Crippen LogP contribution in [0.3, 0.4) is 0 Å². The molecule has 0 heterocycles. The Morgan fingerprint density at radius 3 is 2.12 bits per heavy atom. The topological polar surface area (TPSA) is 76.4 Å². The molecule has 0 N–H and O–H groups in total. The van der Waals surface area contributed by atoms with E-state index in [0.717, 1.165) is 0 Å². The number of nitriles is 1. The summed E-state index contributed by atoms with van der Waals surface area (Å²) < 4.78 is 9.71. The summed E-state index contributed by atoms with van der Waals surface area (Å²) in [6.45, 7) is 6.88. The summed E-state index contributed by atoms with van der Waals surface area (Å²) in [7, 11) is 0. The highest BCUT2D eigenvalue weighted by Gasteiger charge is 2.47. The van der Waals surface area contributed by atoms with Crippen molar-refractivity contribution in [3.8, 4) is 6.07 Å². The summed E-state index contributed by atoms with van der Waals surface area (Å²) in [5.41, 5.74) is -1.49. The number of hydrogen-bond acceptors (Lipinski definition) is 5. The highest BCUT2D eigenvalue weighted by Crippen LogP contribution is 2.32. The predicted molar refractivity (Wildman–Crippen MR) is 60.8 cm³/mol. The highest BCUT2D eigenvalue weighted by atomic mass is 16.5. The first-order valence-corrected chi connectivity index (χ1v) is 5.72. The molecule has 0 saturated carbocycles. The van der Waals surface area contributed by atoms with Crippen LogP contribution in [0.15, 0.2) is 0 Å². The first kappa shape index (κ1) is 15.4. The lowest BCUT2D eigenvalue weighted by molar-refractivity contribution is -0.164. The van der Waals surface area contributed by atoms with E-state index in [-0.39, 0.29) is 13.2 Å². The monoisotopic (exact) mass is 241 g/mol. The zero-order valence-corrected chi connectivity index (χ0v) is 10.8. The van der Waals surface area contributed by atoms with Crippen LogP contribution in [0, 0.1) is 22.7 Å². The van der Waals surface area contributed by atoms with Crippen LogP contribution in [-0.4, -0.2) is 25.2 Å². The molecule has 0 aromatic carbocycles. The average Bonchev–Trinajstić information content (AvgIpc) is 2.30. The minimum absolute atomic E-state index is 0.176. The zero-order valence-electron chi connectivity index (χ0n) is 10.8. The van der Waals surface area contributed by atoms with Gasteiger partial charge in [-0.15, -0.1) is 0 Å². The second-order valence-corrected chi connectivity index (χ2v) is 3.75. The van der Waals surface area contributed by atoms with Gasteiger partial charge in [-0.25, -0.2) is 0 Å². The van der Waals surface area contributed by atoms with Gasteiger partial charge in [-0.1, -0.05) is 6.92 Å². The molecular formula is C12H19NO4. The van der Waals surface area contributed by atoms with Gasteiger partial charge in [-0.2, -0.15) is 5.26 Å². The number of carbonyl (C=O) groups excluding carboxylic acids is 2. The molecular weight excluding hydrogens is 222 g/mol. The fourth-order valence-corrected chi connectivity index (χ4v) is 1.60. The van der Waals surface area contributed by atoms with Crippen molar-refractivity contribution in [2.24, 2.45) is 11.3 Å². The molecule has 0 saturated heterocycles. The molecule has 0 amide bonds. The molecule has 0 aliphatic rings. The molecule has 0 aliphatic heterocycles. The van der Waals surface area contributed by atoms with Crippen molar-refractivity contribution >= 4 is 11.9 Å². The van der Waals surface area contributed by atoms with Gasteiger partial charge < -0.3 is 9.47 Å². The van der Waals surface area contributed by atoms with E-state index in [1.54, 1.807) is 20.8 Å². The van der Waals surface area contributed by atoms with E-state index >= 15 is 0 Å². The first-order valence-electron chi connectivity index (χ1n) is 5.72. The van der Waals surface area contributed by atoms with E-state index in [4.69, 9.17) is 14.7 Å². The minimum Gasteiger partial charge on any atom is -0.466 e. The van der Waals surface area contributed by atoms with Gasteiger partial charge in [-0.3, -0.25) is 9.59 Å². The van der Waals surface area contributed by atoms with Crippen LogP contribution in [0.25, 0.3) is 0 Å². The van der Waals surface area contributed by atoms with Crippen molar-refractivity contribution in [3.05, 3.63) is 0 Å². The smallest absolute Gasteiger partial charge is 0.327 e. The Bertz CT molecular complexity index is 321. The van der Waals surface area contributed by atoms with Crippen LogP contribution in [-0.2, 0) is 19.1 Å². The maximum atomic E-state index is 11.8. The fraction of sp³-hybridized carbons (Fsp3) is 0.750. The van der Waals surface area contributed by atoms with Crippen molar-refractivity contribution in [3.63, 3.8) is 0 Å². The minimum atomic E-state index is -1.49. The maximum absolute atomic E-state index is 11.8. The molecule has 5 nitrogen and oxygen atoms in total. The summed E-state index contributed by atoms with van der Waals surface area (Å²) in [5, 5.41) is 9.14. The van der Waals surface area contributed by atoms with Crippen molar-refractivity contribution in [1.82, 2.24) is 0 Å². The Labute approximate surface area is 102 Å². The number of carbonyl (C=O) groups is 2. The SMILES string of the molecule is CCOC(=O)C(CC)C(C)(C#N)C(=O)OCC. The van der Waals surface area contributed by atoms with Gasteiger partial charge in [0.05, 0.1) is 25.2 Å². The maximum Gasteiger partial charge on any atom is 0.327 e. The lowest BCUT2D eigenvalue weighted by Crippen LogP contribution is -2.41. The van der Waals surface area contributed by atoms with Crippen LogP contribution in [0.2, 0.25) is 0 Å². The fourth-order valence-electron chi connectivity index (χ4n) is 1.60. The second-order valence-electron chi connectivity index (χ2n) is 3.75. The van der Waals surface area contributed by atoms with E-state index in [9.17, 15) is 9.59 Å². The molecule has 2 atom stereocenters. The lowest BCUT2D eigenvalue weighted by Gasteiger charge is -2.26. The normalized spacial score (nSPS) is 15.2. The standard InChI is InChI=1S/C12H19NO4/c1-5-9(10(14)16-6-2)12(4,8-13)11(15)17-7-3/h9H,5-7H2,1-4H3. The van der Waals surface area contributed by atoms with Gasteiger partial charge in [0.15, 0.2) is 5.41 Å². The second kappa shape index (κ2) is 6.89. The van der Waals surface area contributed by atoms with Crippen LogP contribution < -0.4 is 0 Å². The number of rotatable bonds is 6. The van der Waals surface area contributed by atoms with E-state index in [1.165, 1.54) is 6.92 Å². The predicted octanol–water partition coefficient (Wildman–Crippen LogP) is 1.67. The highest BCUT2D eigenvalue weighted by molar-refractivity contribution is 5.87.